The van der Waals surface area contributed by atoms with Crippen LogP contribution in [0.2, 0.25) is 10.0 Å². The molecule has 0 bridgehead atoms. The normalized spacial score (nSPS) is 11.5. The molecule has 0 spiro atoms. The topological polar surface area (TPSA) is 47.6 Å². The number of hydrogen-bond donors (Lipinski definition) is 1. The summed E-state index contributed by atoms with van der Waals surface area (Å²) in [7, 11) is 1.57. The highest BCUT2D eigenvalue weighted by atomic mass is 35.5. The number of nitrogens with one attached hydrogen (secondary N) is 1. The molecule has 132 valence electrons. The predicted molar refractivity (Wildman–Crippen MR) is 100 cm³/mol. The van der Waals surface area contributed by atoms with Crippen LogP contribution < -0.4 is 10.1 Å². The molecule has 2 aromatic carbocycles. The second kappa shape index (κ2) is 9.35. The zero-order valence-corrected chi connectivity index (χ0v) is 15.3. The monoisotopic (exact) mass is 379 g/mol. The highest BCUT2D eigenvalue weighted by Crippen LogP contribution is 2.27. The van der Waals surface area contributed by atoms with Crippen LogP contribution in [-0.2, 0) is 11.3 Å². The van der Waals surface area contributed by atoms with Crippen LogP contribution in [0.1, 0.15) is 23.6 Å². The second-order valence-electron chi connectivity index (χ2n) is 5.28. The number of alkyl carbamates (subject to hydrolysis) is 1. The molecular weight excluding hydrogens is 361 g/mol. The molecule has 2 aromatic rings. The number of ether oxygens (including phenoxy) is 2. The van der Waals surface area contributed by atoms with E-state index < -0.39 is 6.09 Å². The van der Waals surface area contributed by atoms with E-state index in [2.05, 4.69) is 11.9 Å². The third-order valence-corrected chi connectivity index (χ3v) is 4.33. The molecule has 0 aliphatic carbocycles. The smallest absolute Gasteiger partial charge is 0.407 e. The molecule has 0 heterocycles. The molecule has 1 atom stereocenters. The van der Waals surface area contributed by atoms with Gasteiger partial charge in [0, 0.05) is 5.56 Å². The number of halogens is 2. The van der Waals surface area contributed by atoms with Crippen LogP contribution >= 0.6 is 23.2 Å². The van der Waals surface area contributed by atoms with E-state index in [1.807, 2.05) is 30.3 Å². The Morgan fingerprint density at radius 1 is 1.24 bits per heavy atom. The fraction of sp³-hybridized carbons (Fsp3) is 0.211. The molecule has 4 nitrogen and oxygen atoms in total. The Kier molecular flexibility index (Phi) is 7.16. The standard InChI is InChI=1S/C19H19Cl2NO3/c1-3-6-17(13-9-10-15(20)16(21)11-13)22-19(23)25-12-14-7-4-5-8-18(14)24-2/h3-5,7-11,17H,1,6,12H2,2H3,(H,22,23)/t17-/m0/s1. The number of hydrogen-bond acceptors (Lipinski definition) is 3. The van der Waals surface area contributed by atoms with E-state index in [0.717, 1.165) is 11.1 Å². The summed E-state index contributed by atoms with van der Waals surface area (Å²) in [5, 5.41) is 3.70. The van der Waals surface area contributed by atoms with Crippen LogP contribution in [0.3, 0.4) is 0 Å². The summed E-state index contributed by atoms with van der Waals surface area (Å²) < 4.78 is 10.5. The fourth-order valence-corrected chi connectivity index (χ4v) is 2.63. The van der Waals surface area contributed by atoms with Gasteiger partial charge in [-0.25, -0.2) is 4.79 Å². The van der Waals surface area contributed by atoms with E-state index in [4.69, 9.17) is 32.7 Å². The molecule has 25 heavy (non-hydrogen) atoms. The molecule has 1 amide bonds. The van der Waals surface area contributed by atoms with Crippen molar-refractivity contribution in [1.82, 2.24) is 5.32 Å². The summed E-state index contributed by atoms with van der Waals surface area (Å²) in [4.78, 5) is 12.2. The van der Waals surface area contributed by atoms with Crippen molar-refractivity contribution in [2.24, 2.45) is 0 Å². The van der Waals surface area contributed by atoms with Crippen molar-refractivity contribution in [1.29, 1.82) is 0 Å². The molecule has 0 saturated heterocycles. The molecule has 6 heteroatoms. The number of carbonyl (C=O) groups excluding carboxylic acids is 1. The van der Waals surface area contributed by atoms with Crippen molar-refractivity contribution in [2.75, 3.05) is 7.11 Å². The van der Waals surface area contributed by atoms with Gasteiger partial charge in [-0.05, 0) is 30.2 Å². The lowest BCUT2D eigenvalue weighted by molar-refractivity contribution is 0.134. The predicted octanol–water partition coefficient (Wildman–Crippen LogP) is 5.55. The Hall–Kier alpha value is -2.17. The summed E-state index contributed by atoms with van der Waals surface area (Å²) >= 11 is 12.0. The van der Waals surface area contributed by atoms with Crippen LogP contribution in [0.5, 0.6) is 5.75 Å². The Bertz CT molecular complexity index is 749. The molecular formula is C19H19Cl2NO3. The Balaban J connectivity index is 2.02. The molecule has 0 unspecified atom stereocenters. The van der Waals surface area contributed by atoms with E-state index in [-0.39, 0.29) is 12.6 Å². The van der Waals surface area contributed by atoms with Gasteiger partial charge >= 0.3 is 6.09 Å². The molecule has 1 N–H and O–H groups in total. The summed E-state index contributed by atoms with van der Waals surface area (Å²) in [6.07, 6.45) is 1.71. The number of carbonyl (C=O) groups is 1. The van der Waals surface area contributed by atoms with Gasteiger partial charge in [-0.2, -0.15) is 0 Å². The van der Waals surface area contributed by atoms with E-state index in [0.29, 0.717) is 22.2 Å². The maximum absolute atomic E-state index is 12.2. The molecule has 2 rings (SSSR count). The number of rotatable bonds is 7. The van der Waals surface area contributed by atoms with Gasteiger partial charge in [0.05, 0.1) is 23.2 Å². The summed E-state index contributed by atoms with van der Waals surface area (Å²) in [5.41, 5.74) is 1.61. The quantitative estimate of drug-likeness (QED) is 0.641. The first-order chi connectivity index (χ1) is 12.0. The molecule has 0 fully saturated rings. The van der Waals surface area contributed by atoms with Crippen molar-refractivity contribution < 1.29 is 14.3 Å². The van der Waals surface area contributed by atoms with Gasteiger partial charge in [-0.15, -0.1) is 6.58 Å². The van der Waals surface area contributed by atoms with Crippen LogP contribution in [0.15, 0.2) is 55.1 Å². The van der Waals surface area contributed by atoms with Crippen molar-refractivity contribution in [2.45, 2.75) is 19.1 Å². The van der Waals surface area contributed by atoms with Gasteiger partial charge in [0.1, 0.15) is 12.4 Å². The number of benzene rings is 2. The third-order valence-electron chi connectivity index (χ3n) is 3.59. The minimum absolute atomic E-state index is 0.109. The Morgan fingerprint density at radius 3 is 2.68 bits per heavy atom. The van der Waals surface area contributed by atoms with Gasteiger partial charge in [0.2, 0.25) is 0 Å². The maximum atomic E-state index is 12.2. The molecule has 0 aliphatic rings. The molecule has 0 aromatic heterocycles. The first kappa shape index (κ1) is 19.2. The minimum Gasteiger partial charge on any atom is -0.496 e. The highest BCUT2D eigenvalue weighted by molar-refractivity contribution is 6.42. The van der Waals surface area contributed by atoms with Crippen molar-refractivity contribution in [3.8, 4) is 5.75 Å². The third kappa shape index (κ3) is 5.41. The van der Waals surface area contributed by atoms with Gasteiger partial charge in [-0.3, -0.25) is 0 Å². The van der Waals surface area contributed by atoms with Crippen LogP contribution in [0, 0.1) is 0 Å². The minimum atomic E-state index is -0.538. The highest BCUT2D eigenvalue weighted by Gasteiger charge is 2.16. The SMILES string of the molecule is C=CC[C@H](NC(=O)OCc1ccccc1OC)c1ccc(Cl)c(Cl)c1. The summed E-state index contributed by atoms with van der Waals surface area (Å²) in [6, 6.07) is 12.3. The van der Waals surface area contributed by atoms with Gasteiger partial charge in [-0.1, -0.05) is 53.5 Å². The van der Waals surface area contributed by atoms with Crippen molar-refractivity contribution in [3.05, 3.63) is 76.3 Å². The van der Waals surface area contributed by atoms with E-state index in [1.54, 1.807) is 25.3 Å². The zero-order chi connectivity index (χ0) is 18.2. The van der Waals surface area contributed by atoms with Crippen molar-refractivity contribution >= 4 is 29.3 Å². The van der Waals surface area contributed by atoms with Crippen LogP contribution in [-0.4, -0.2) is 13.2 Å². The fourth-order valence-electron chi connectivity index (χ4n) is 2.32. The lowest BCUT2D eigenvalue weighted by atomic mass is 10.0. The lowest BCUT2D eigenvalue weighted by Crippen LogP contribution is -2.28. The number of para-hydroxylation sites is 1. The van der Waals surface area contributed by atoms with E-state index in [9.17, 15) is 4.79 Å². The van der Waals surface area contributed by atoms with E-state index in [1.165, 1.54) is 0 Å². The van der Waals surface area contributed by atoms with Gasteiger partial charge < -0.3 is 14.8 Å². The van der Waals surface area contributed by atoms with Crippen LogP contribution in [0.25, 0.3) is 0 Å². The summed E-state index contributed by atoms with van der Waals surface area (Å²) in [5.74, 6) is 0.669. The number of methoxy groups -OCH3 is 1. The number of amides is 1. The van der Waals surface area contributed by atoms with Gasteiger partial charge in [0.25, 0.3) is 0 Å². The average molecular weight is 380 g/mol. The Labute approximate surface area is 157 Å². The maximum Gasteiger partial charge on any atom is 0.407 e. The molecule has 0 aliphatic heterocycles. The molecule has 0 saturated carbocycles. The van der Waals surface area contributed by atoms with Gasteiger partial charge in [0.15, 0.2) is 0 Å². The summed E-state index contributed by atoms with van der Waals surface area (Å²) in [6.45, 7) is 3.83. The first-order valence-electron chi connectivity index (χ1n) is 7.66. The van der Waals surface area contributed by atoms with Crippen molar-refractivity contribution in [3.63, 3.8) is 0 Å². The molecule has 0 radical (unpaired) electrons. The second-order valence-corrected chi connectivity index (χ2v) is 6.10. The first-order valence-corrected chi connectivity index (χ1v) is 8.41. The lowest BCUT2D eigenvalue weighted by Gasteiger charge is -2.18. The zero-order valence-electron chi connectivity index (χ0n) is 13.8. The van der Waals surface area contributed by atoms with E-state index >= 15 is 0 Å². The largest absolute Gasteiger partial charge is 0.496 e. The average Bonchev–Trinajstić information content (AvgIpc) is 2.62. The van der Waals surface area contributed by atoms with Crippen LogP contribution in [0.4, 0.5) is 4.79 Å². The Morgan fingerprint density at radius 2 is 2.00 bits per heavy atom.